The van der Waals surface area contributed by atoms with Crippen LogP contribution in [0.2, 0.25) is 0 Å². The molecule has 1 aliphatic rings. The van der Waals surface area contributed by atoms with Crippen LogP contribution in [-0.4, -0.2) is 41.3 Å². The lowest BCUT2D eigenvalue weighted by atomic mass is 9.84. The predicted octanol–water partition coefficient (Wildman–Crippen LogP) is 4.58. The summed E-state index contributed by atoms with van der Waals surface area (Å²) in [5.41, 5.74) is -0.693. The number of nitrogens with zero attached hydrogens (tertiary/aromatic N) is 1. The molecule has 0 aromatic heterocycles. The molecule has 0 aromatic carbocycles. The van der Waals surface area contributed by atoms with Crippen LogP contribution in [0.4, 0.5) is 4.79 Å². The highest BCUT2D eigenvalue weighted by Gasteiger charge is 2.30. The zero-order chi connectivity index (χ0) is 17.7. The highest BCUT2D eigenvalue weighted by atomic mass is 16.6. The zero-order valence-corrected chi connectivity index (χ0v) is 16.4. The molecule has 1 aliphatic carbocycles. The largest absolute Gasteiger partial charge is 0.444 e. The van der Waals surface area contributed by atoms with Crippen LogP contribution in [0.25, 0.3) is 0 Å². The van der Waals surface area contributed by atoms with E-state index in [0.29, 0.717) is 12.6 Å². The van der Waals surface area contributed by atoms with E-state index in [1.165, 1.54) is 32.1 Å². The Balaban J connectivity index is 2.49. The quantitative estimate of drug-likeness (QED) is 0.804. The smallest absolute Gasteiger partial charge is 0.410 e. The van der Waals surface area contributed by atoms with E-state index in [9.17, 15) is 4.79 Å². The Hall–Kier alpha value is -0.770. The summed E-state index contributed by atoms with van der Waals surface area (Å²) in [6.07, 6.45) is 6.56. The summed E-state index contributed by atoms with van der Waals surface area (Å²) in [7, 11) is 0. The van der Waals surface area contributed by atoms with Crippen LogP contribution in [0.15, 0.2) is 0 Å². The van der Waals surface area contributed by atoms with Gasteiger partial charge in [0.1, 0.15) is 5.60 Å². The highest BCUT2D eigenvalue weighted by Crippen LogP contribution is 2.26. The molecule has 1 saturated carbocycles. The van der Waals surface area contributed by atoms with Gasteiger partial charge in [0.25, 0.3) is 0 Å². The van der Waals surface area contributed by atoms with E-state index in [-0.39, 0.29) is 11.6 Å². The van der Waals surface area contributed by atoms with Crippen molar-refractivity contribution in [1.82, 2.24) is 10.2 Å². The second-order valence-electron chi connectivity index (χ2n) is 8.94. The van der Waals surface area contributed by atoms with Crippen LogP contribution in [0.5, 0.6) is 0 Å². The maximum absolute atomic E-state index is 12.5. The third-order valence-corrected chi connectivity index (χ3v) is 4.58. The molecule has 23 heavy (non-hydrogen) atoms. The van der Waals surface area contributed by atoms with Crippen molar-refractivity contribution in [2.24, 2.45) is 5.92 Å². The minimum Gasteiger partial charge on any atom is -0.444 e. The number of amides is 1. The molecule has 1 amide bonds. The third kappa shape index (κ3) is 7.56. The first-order chi connectivity index (χ1) is 10.5. The lowest BCUT2D eigenvalue weighted by Crippen LogP contribution is -2.51. The van der Waals surface area contributed by atoms with Crippen molar-refractivity contribution in [3.05, 3.63) is 0 Å². The van der Waals surface area contributed by atoms with Crippen molar-refractivity contribution >= 4 is 6.09 Å². The molecule has 4 nitrogen and oxygen atoms in total. The Kier molecular flexibility index (Phi) is 7.37. The van der Waals surface area contributed by atoms with E-state index >= 15 is 0 Å². The Morgan fingerprint density at radius 3 is 2.17 bits per heavy atom. The molecule has 0 unspecified atom stereocenters. The van der Waals surface area contributed by atoms with E-state index < -0.39 is 5.60 Å². The van der Waals surface area contributed by atoms with Crippen molar-refractivity contribution < 1.29 is 9.53 Å². The van der Waals surface area contributed by atoms with Crippen molar-refractivity contribution in [2.75, 3.05) is 13.1 Å². The van der Waals surface area contributed by atoms with Gasteiger partial charge in [-0.1, -0.05) is 19.3 Å². The molecule has 0 spiro atoms. The molecule has 1 atom stereocenters. The topological polar surface area (TPSA) is 41.6 Å². The summed E-state index contributed by atoms with van der Waals surface area (Å²) in [6.45, 7) is 15.7. The second-order valence-corrected chi connectivity index (χ2v) is 8.94. The SMILES string of the molecule is C[C@H](NCCN(C(=O)OC(C)(C)C)C(C)(C)C)C1CCCCC1. The van der Waals surface area contributed by atoms with Gasteiger partial charge in [-0.3, -0.25) is 0 Å². The molecule has 0 heterocycles. The minimum atomic E-state index is -0.455. The molecule has 0 aromatic rings. The molecule has 1 N–H and O–H groups in total. The number of ether oxygens (including phenoxy) is 1. The lowest BCUT2D eigenvalue weighted by molar-refractivity contribution is 0.00633. The van der Waals surface area contributed by atoms with Crippen LogP contribution in [0.1, 0.15) is 80.6 Å². The monoisotopic (exact) mass is 326 g/mol. The average molecular weight is 327 g/mol. The molecule has 1 fully saturated rings. The molecule has 136 valence electrons. The standard InChI is InChI=1S/C19H38N2O2/c1-15(16-11-9-8-10-12-16)20-13-14-21(18(2,3)4)17(22)23-19(5,6)7/h15-16,20H,8-14H2,1-7H3/t15-/m0/s1. The van der Waals surface area contributed by atoms with Crippen molar-refractivity contribution in [2.45, 2.75) is 97.8 Å². The summed E-state index contributed by atoms with van der Waals surface area (Å²) in [6, 6.07) is 0.524. The Labute approximate surface area is 143 Å². The molecular formula is C19H38N2O2. The maximum Gasteiger partial charge on any atom is 0.410 e. The van der Waals surface area contributed by atoms with Crippen LogP contribution < -0.4 is 5.32 Å². The normalized spacial score (nSPS) is 18.6. The van der Waals surface area contributed by atoms with Gasteiger partial charge in [0.15, 0.2) is 0 Å². The molecular weight excluding hydrogens is 288 g/mol. The van der Waals surface area contributed by atoms with Crippen LogP contribution in [-0.2, 0) is 4.74 Å². The average Bonchev–Trinajstić information content (AvgIpc) is 2.40. The fraction of sp³-hybridized carbons (Fsp3) is 0.947. The van der Waals surface area contributed by atoms with Crippen LogP contribution in [0, 0.1) is 5.92 Å². The van der Waals surface area contributed by atoms with E-state index in [4.69, 9.17) is 4.74 Å². The molecule has 4 heteroatoms. The van der Waals surface area contributed by atoms with Crippen LogP contribution in [0.3, 0.4) is 0 Å². The third-order valence-electron chi connectivity index (χ3n) is 4.58. The highest BCUT2D eigenvalue weighted by molar-refractivity contribution is 5.69. The summed E-state index contributed by atoms with van der Waals surface area (Å²) in [4.78, 5) is 14.3. The summed E-state index contributed by atoms with van der Waals surface area (Å²) < 4.78 is 5.56. The fourth-order valence-electron chi connectivity index (χ4n) is 3.22. The van der Waals surface area contributed by atoms with Crippen molar-refractivity contribution in [3.63, 3.8) is 0 Å². The molecule has 1 rings (SSSR count). The Morgan fingerprint density at radius 2 is 1.70 bits per heavy atom. The van der Waals surface area contributed by atoms with Gasteiger partial charge < -0.3 is 15.0 Å². The van der Waals surface area contributed by atoms with E-state index in [1.54, 1.807) is 0 Å². The van der Waals surface area contributed by atoms with Gasteiger partial charge in [-0.05, 0) is 67.2 Å². The first kappa shape index (κ1) is 20.3. The Morgan fingerprint density at radius 1 is 1.13 bits per heavy atom. The first-order valence-electron chi connectivity index (χ1n) is 9.25. The first-order valence-corrected chi connectivity index (χ1v) is 9.25. The lowest BCUT2D eigenvalue weighted by Gasteiger charge is -2.37. The Bertz CT molecular complexity index is 363. The molecule has 0 aliphatic heterocycles. The summed E-state index contributed by atoms with van der Waals surface area (Å²) >= 11 is 0. The van der Waals surface area contributed by atoms with Gasteiger partial charge in [-0.25, -0.2) is 4.79 Å². The van der Waals surface area contributed by atoms with Gasteiger partial charge >= 0.3 is 6.09 Å². The minimum absolute atomic E-state index is 0.225. The van der Waals surface area contributed by atoms with Gasteiger partial charge in [0.05, 0.1) is 0 Å². The zero-order valence-electron chi connectivity index (χ0n) is 16.4. The van der Waals surface area contributed by atoms with Crippen molar-refractivity contribution in [3.8, 4) is 0 Å². The molecule has 0 bridgehead atoms. The predicted molar refractivity (Wildman–Crippen MR) is 96.7 cm³/mol. The van der Waals surface area contributed by atoms with Crippen LogP contribution >= 0.6 is 0 Å². The number of carbonyl (C=O) groups excluding carboxylic acids is 1. The summed E-state index contributed by atoms with van der Waals surface area (Å²) in [5, 5.41) is 3.62. The van der Waals surface area contributed by atoms with E-state index in [1.807, 2.05) is 25.7 Å². The van der Waals surface area contributed by atoms with Gasteiger partial charge in [0, 0.05) is 24.7 Å². The van der Waals surface area contributed by atoms with Gasteiger partial charge in [-0.2, -0.15) is 0 Å². The number of nitrogens with one attached hydrogen (secondary N) is 1. The number of hydrogen-bond acceptors (Lipinski definition) is 3. The van der Waals surface area contributed by atoms with E-state index in [2.05, 4.69) is 33.0 Å². The number of hydrogen-bond donors (Lipinski definition) is 1. The number of rotatable bonds is 5. The maximum atomic E-state index is 12.5. The molecule has 0 saturated heterocycles. The van der Waals surface area contributed by atoms with Gasteiger partial charge in [0.2, 0.25) is 0 Å². The van der Waals surface area contributed by atoms with Gasteiger partial charge in [-0.15, -0.1) is 0 Å². The fourth-order valence-corrected chi connectivity index (χ4v) is 3.22. The number of carbonyl (C=O) groups is 1. The van der Waals surface area contributed by atoms with E-state index in [0.717, 1.165) is 12.5 Å². The van der Waals surface area contributed by atoms with Crippen molar-refractivity contribution in [1.29, 1.82) is 0 Å². The molecule has 0 radical (unpaired) electrons. The second kappa shape index (κ2) is 8.36. The summed E-state index contributed by atoms with van der Waals surface area (Å²) in [5.74, 6) is 0.786.